The fourth-order valence-electron chi connectivity index (χ4n) is 0.634. The minimum atomic E-state index is 0.946. The largest absolute Gasteiger partial charge is 0.248 e. The van der Waals surface area contributed by atoms with Gasteiger partial charge in [0.1, 0.15) is 4.60 Å². The molecule has 0 fully saturated rings. The van der Waals surface area contributed by atoms with E-state index in [4.69, 9.17) is 0 Å². The van der Waals surface area contributed by atoms with Crippen molar-refractivity contribution >= 4 is 27.7 Å². The van der Waals surface area contributed by atoms with Crippen molar-refractivity contribution in [3.05, 3.63) is 22.9 Å². The van der Waals surface area contributed by atoms with Crippen molar-refractivity contribution in [3.63, 3.8) is 0 Å². The van der Waals surface area contributed by atoms with E-state index >= 15 is 0 Å². The van der Waals surface area contributed by atoms with Gasteiger partial charge in [0.2, 0.25) is 0 Å². The second kappa shape index (κ2) is 3.98. The van der Waals surface area contributed by atoms with Gasteiger partial charge in [-0.15, -0.1) is 11.8 Å². The number of hydrogen-bond acceptors (Lipinski definition) is 2. The topological polar surface area (TPSA) is 12.9 Å². The molecular formula is C7H8BrNS. The Morgan fingerprint density at radius 3 is 3.10 bits per heavy atom. The summed E-state index contributed by atoms with van der Waals surface area (Å²) >= 11 is 5.16. The minimum absolute atomic E-state index is 0.946. The maximum absolute atomic E-state index is 4.09. The van der Waals surface area contributed by atoms with Gasteiger partial charge in [-0.25, -0.2) is 4.98 Å². The summed E-state index contributed by atoms with van der Waals surface area (Å²) in [5, 5.41) is 0. The van der Waals surface area contributed by atoms with Crippen molar-refractivity contribution in [2.24, 2.45) is 0 Å². The number of nitrogens with zero attached hydrogens (tertiary/aromatic N) is 1. The second-order valence-electron chi connectivity index (χ2n) is 1.73. The highest BCUT2D eigenvalue weighted by atomic mass is 79.9. The van der Waals surface area contributed by atoms with E-state index in [0.717, 1.165) is 10.4 Å². The molecule has 1 nitrogen and oxygen atoms in total. The Hall–Kier alpha value is -0.0200. The summed E-state index contributed by atoms with van der Waals surface area (Å²) in [5.74, 6) is 1.09. The molecule has 0 aromatic carbocycles. The van der Waals surface area contributed by atoms with Gasteiger partial charge >= 0.3 is 0 Å². The molecule has 10 heavy (non-hydrogen) atoms. The Morgan fingerprint density at radius 2 is 2.50 bits per heavy atom. The molecule has 0 amide bonds. The summed E-state index contributed by atoms with van der Waals surface area (Å²) < 4.78 is 0.946. The van der Waals surface area contributed by atoms with E-state index in [0.29, 0.717) is 0 Å². The lowest BCUT2D eigenvalue weighted by atomic mass is 10.5. The molecule has 0 aliphatic heterocycles. The zero-order valence-electron chi connectivity index (χ0n) is 5.67. The molecule has 0 spiro atoms. The van der Waals surface area contributed by atoms with Crippen LogP contribution in [-0.2, 0) is 0 Å². The normalized spacial score (nSPS) is 9.80. The fourth-order valence-corrected chi connectivity index (χ4v) is 1.89. The summed E-state index contributed by atoms with van der Waals surface area (Å²) in [7, 11) is 0. The summed E-state index contributed by atoms with van der Waals surface area (Å²) in [6, 6.07) is 4.01. The molecule has 1 rings (SSSR count). The molecule has 1 heterocycles. The Bertz CT molecular complexity index is 215. The Labute approximate surface area is 73.4 Å². The van der Waals surface area contributed by atoms with E-state index in [2.05, 4.69) is 33.9 Å². The third-order valence-corrected chi connectivity index (χ3v) is 2.85. The molecular weight excluding hydrogens is 210 g/mol. The van der Waals surface area contributed by atoms with Crippen molar-refractivity contribution in [3.8, 4) is 0 Å². The van der Waals surface area contributed by atoms with Crippen LogP contribution in [0.4, 0.5) is 0 Å². The molecule has 0 atom stereocenters. The van der Waals surface area contributed by atoms with Gasteiger partial charge in [-0.2, -0.15) is 0 Å². The molecule has 0 radical (unpaired) electrons. The standard InChI is InChI=1S/C7H8BrNS/c1-2-10-6-4-3-5-9-7(6)8/h3-5H,2H2,1H3. The Balaban J connectivity index is 2.81. The first kappa shape index (κ1) is 8.08. The van der Waals surface area contributed by atoms with Gasteiger partial charge in [-0.1, -0.05) is 6.92 Å². The zero-order valence-corrected chi connectivity index (χ0v) is 8.08. The average molecular weight is 218 g/mol. The highest BCUT2D eigenvalue weighted by Crippen LogP contribution is 2.24. The molecule has 0 N–H and O–H groups in total. The van der Waals surface area contributed by atoms with Crippen molar-refractivity contribution < 1.29 is 0 Å². The van der Waals surface area contributed by atoms with Crippen LogP contribution in [0.1, 0.15) is 6.92 Å². The number of aromatic nitrogens is 1. The highest BCUT2D eigenvalue weighted by Gasteiger charge is 1.96. The smallest absolute Gasteiger partial charge is 0.119 e. The molecule has 54 valence electrons. The molecule has 0 aliphatic rings. The van der Waals surface area contributed by atoms with E-state index < -0.39 is 0 Å². The summed E-state index contributed by atoms with van der Waals surface area (Å²) in [6.45, 7) is 2.13. The lowest BCUT2D eigenvalue weighted by Crippen LogP contribution is -1.78. The maximum atomic E-state index is 4.09. The van der Waals surface area contributed by atoms with E-state index in [-0.39, 0.29) is 0 Å². The molecule has 0 unspecified atom stereocenters. The van der Waals surface area contributed by atoms with Crippen molar-refractivity contribution in [2.75, 3.05) is 5.75 Å². The first-order valence-corrected chi connectivity index (χ1v) is 4.85. The molecule has 0 bridgehead atoms. The van der Waals surface area contributed by atoms with Crippen LogP contribution in [0.2, 0.25) is 0 Å². The first-order chi connectivity index (χ1) is 4.84. The predicted octanol–water partition coefficient (Wildman–Crippen LogP) is 2.96. The molecule has 3 heteroatoms. The van der Waals surface area contributed by atoms with E-state index in [1.54, 1.807) is 18.0 Å². The van der Waals surface area contributed by atoms with Gasteiger partial charge < -0.3 is 0 Å². The van der Waals surface area contributed by atoms with Gasteiger partial charge in [-0.05, 0) is 33.8 Å². The monoisotopic (exact) mass is 217 g/mol. The third-order valence-electron chi connectivity index (χ3n) is 1.02. The van der Waals surface area contributed by atoms with Crippen LogP contribution in [0.25, 0.3) is 0 Å². The third kappa shape index (κ3) is 1.99. The van der Waals surface area contributed by atoms with Crippen LogP contribution in [0.15, 0.2) is 27.8 Å². The number of hydrogen-bond donors (Lipinski definition) is 0. The van der Waals surface area contributed by atoms with Gasteiger partial charge in [0.25, 0.3) is 0 Å². The van der Waals surface area contributed by atoms with Crippen LogP contribution in [-0.4, -0.2) is 10.7 Å². The van der Waals surface area contributed by atoms with Crippen LogP contribution >= 0.6 is 27.7 Å². The zero-order chi connectivity index (χ0) is 7.40. The number of pyridine rings is 1. The quantitative estimate of drug-likeness (QED) is 0.559. The minimum Gasteiger partial charge on any atom is -0.248 e. The van der Waals surface area contributed by atoms with E-state index in [1.165, 1.54) is 4.90 Å². The Morgan fingerprint density at radius 1 is 1.70 bits per heavy atom. The van der Waals surface area contributed by atoms with Crippen molar-refractivity contribution in [1.82, 2.24) is 4.98 Å². The number of thioether (sulfide) groups is 1. The van der Waals surface area contributed by atoms with Crippen LogP contribution in [0.3, 0.4) is 0 Å². The van der Waals surface area contributed by atoms with Gasteiger partial charge in [0.15, 0.2) is 0 Å². The molecule has 0 saturated carbocycles. The number of halogens is 1. The number of rotatable bonds is 2. The molecule has 1 aromatic heterocycles. The molecule has 0 saturated heterocycles. The Kier molecular flexibility index (Phi) is 3.22. The van der Waals surface area contributed by atoms with Crippen molar-refractivity contribution in [2.45, 2.75) is 11.8 Å². The lowest BCUT2D eigenvalue weighted by molar-refractivity contribution is 1.18. The predicted molar refractivity (Wildman–Crippen MR) is 48.3 cm³/mol. The van der Waals surface area contributed by atoms with E-state index in [9.17, 15) is 0 Å². The molecule has 0 aliphatic carbocycles. The highest BCUT2D eigenvalue weighted by molar-refractivity contribution is 9.10. The maximum Gasteiger partial charge on any atom is 0.119 e. The van der Waals surface area contributed by atoms with Crippen LogP contribution in [0.5, 0.6) is 0 Å². The summed E-state index contributed by atoms with van der Waals surface area (Å²) in [6.07, 6.45) is 1.78. The van der Waals surface area contributed by atoms with Gasteiger partial charge in [-0.3, -0.25) is 0 Å². The summed E-state index contributed by atoms with van der Waals surface area (Å²) in [4.78, 5) is 5.31. The molecule has 1 aromatic rings. The van der Waals surface area contributed by atoms with Crippen LogP contribution in [0, 0.1) is 0 Å². The SMILES string of the molecule is CCSc1cccnc1Br. The van der Waals surface area contributed by atoms with Crippen molar-refractivity contribution in [1.29, 1.82) is 0 Å². The lowest BCUT2D eigenvalue weighted by Gasteiger charge is -1.98. The average Bonchev–Trinajstić information content (AvgIpc) is 1.94. The van der Waals surface area contributed by atoms with Gasteiger partial charge in [0.05, 0.1) is 0 Å². The fraction of sp³-hybridized carbons (Fsp3) is 0.286. The van der Waals surface area contributed by atoms with Crippen LogP contribution < -0.4 is 0 Å². The second-order valence-corrected chi connectivity index (χ2v) is 3.78. The summed E-state index contributed by atoms with van der Waals surface area (Å²) in [5.41, 5.74) is 0. The first-order valence-electron chi connectivity index (χ1n) is 3.08. The van der Waals surface area contributed by atoms with E-state index in [1.807, 2.05) is 6.07 Å². The van der Waals surface area contributed by atoms with Gasteiger partial charge in [0, 0.05) is 11.1 Å².